The lowest BCUT2D eigenvalue weighted by molar-refractivity contribution is -0.134. The predicted molar refractivity (Wildman–Crippen MR) is 106 cm³/mol. The maximum atomic E-state index is 12.6. The number of piperidine rings is 1. The lowest BCUT2D eigenvalue weighted by Gasteiger charge is -2.33. The zero-order chi connectivity index (χ0) is 18.9. The van der Waals surface area contributed by atoms with Gasteiger partial charge in [0, 0.05) is 18.7 Å². The van der Waals surface area contributed by atoms with Gasteiger partial charge >= 0.3 is 0 Å². The fourth-order valence-corrected chi connectivity index (χ4v) is 3.94. The Hall–Kier alpha value is -2.62. The van der Waals surface area contributed by atoms with Crippen LogP contribution < -0.4 is 5.32 Å². The van der Waals surface area contributed by atoms with E-state index in [-0.39, 0.29) is 11.8 Å². The normalized spacial score (nSPS) is 18.8. The Bertz CT molecular complexity index is 815. The van der Waals surface area contributed by atoms with Crippen molar-refractivity contribution in [2.45, 2.75) is 38.6 Å². The third kappa shape index (κ3) is 3.90. The number of likely N-dealkylation sites (tertiary alicyclic amines) is 1. The summed E-state index contributed by atoms with van der Waals surface area (Å²) in [5, 5.41) is 2.86. The monoisotopic (exact) mass is 362 g/mol. The van der Waals surface area contributed by atoms with Gasteiger partial charge in [-0.3, -0.25) is 9.59 Å². The molecule has 4 heteroatoms. The summed E-state index contributed by atoms with van der Waals surface area (Å²) < 4.78 is 0. The van der Waals surface area contributed by atoms with Crippen molar-refractivity contribution in [3.63, 3.8) is 0 Å². The predicted octanol–water partition coefficient (Wildman–Crippen LogP) is 3.87. The van der Waals surface area contributed by atoms with E-state index in [1.807, 2.05) is 59.5 Å². The first kappa shape index (κ1) is 17.8. The van der Waals surface area contributed by atoms with Gasteiger partial charge in [0.1, 0.15) is 6.04 Å². The Labute approximate surface area is 160 Å². The smallest absolute Gasteiger partial charge is 0.251 e. The molecule has 2 aromatic rings. The molecule has 0 unspecified atom stereocenters. The van der Waals surface area contributed by atoms with E-state index < -0.39 is 6.04 Å². The van der Waals surface area contributed by atoms with Crippen molar-refractivity contribution in [1.82, 2.24) is 10.2 Å². The van der Waals surface area contributed by atoms with Crippen LogP contribution in [0.5, 0.6) is 0 Å². The molecule has 140 valence electrons. The molecule has 1 aliphatic heterocycles. The second-order valence-corrected chi connectivity index (χ2v) is 7.96. The van der Waals surface area contributed by atoms with Gasteiger partial charge < -0.3 is 10.2 Å². The number of hydrogen-bond acceptors (Lipinski definition) is 2. The van der Waals surface area contributed by atoms with Crippen LogP contribution in [0, 0.1) is 5.41 Å². The summed E-state index contributed by atoms with van der Waals surface area (Å²) in [4.78, 5) is 27.1. The fraction of sp³-hybridized carbons (Fsp3) is 0.391. The lowest BCUT2D eigenvalue weighted by Crippen LogP contribution is -2.49. The van der Waals surface area contributed by atoms with Crippen LogP contribution in [0.25, 0.3) is 11.1 Å². The van der Waals surface area contributed by atoms with Gasteiger partial charge in [0.25, 0.3) is 5.91 Å². The molecule has 1 spiro atoms. The highest BCUT2D eigenvalue weighted by Gasteiger charge is 2.45. The third-order valence-electron chi connectivity index (χ3n) is 6.07. The molecule has 0 bridgehead atoms. The second-order valence-electron chi connectivity index (χ2n) is 7.96. The Morgan fingerprint density at radius 2 is 1.48 bits per heavy atom. The van der Waals surface area contributed by atoms with Crippen molar-refractivity contribution < 1.29 is 9.59 Å². The summed E-state index contributed by atoms with van der Waals surface area (Å²) in [5.41, 5.74) is 3.30. The second kappa shape index (κ2) is 7.18. The molecule has 1 heterocycles. The molecule has 0 aromatic heterocycles. The SMILES string of the molecule is C[C@@H](NC(=O)c1ccc(-c2ccccc2)cc1)C(=O)N1CCC2(CC1)CC2. The summed E-state index contributed by atoms with van der Waals surface area (Å²) in [6.07, 6.45) is 4.86. The van der Waals surface area contributed by atoms with E-state index in [1.54, 1.807) is 6.92 Å². The number of benzene rings is 2. The van der Waals surface area contributed by atoms with E-state index >= 15 is 0 Å². The molecule has 2 amide bonds. The first-order valence-corrected chi connectivity index (χ1v) is 9.82. The molecule has 2 aliphatic rings. The van der Waals surface area contributed by atoms with Gasteiger partial charge in [-0.05, 0) is 61.3 Å². The van der Waals surface area contributed by atoms with Gasteiger partial charge in [0.2, 0.25) is 5.91 Å². The lowest BCUT2D eigenvalue weighted by atomic mass is 9.93. The minimum atomic E-state index is -0.500. The van der Waals surface area contributed by atoms with Gasteiger partial charge in [-0.1, -0.05) is 42.5 Å². The summed E-state index contributed by atoms with van der Waals surface area (Å²) in [7, 11) is 0. The van der Waals surface area contributed by atoms with Crippen molar-refractivity contribution in [2.24, 2.45) is 5.41 Å². The molecule has 4 nitrogen and oxygen atoms in total. The minimum absolute atomic E-state index is 0.0276. The van der Waals surface area contributed by atoms with Crippen LogP contribution >= 0.6 is 0 Å². The average molecular weight is 362 g/mol. The van der Waals surface area contributed by atoms with Crippen LogP contribution in [0.2, 0.25) is 0 Å². The first-order chi connectivity index (χ1) is 13.1. The van der Waals surface area contributed by atoms with Gasteiger partial charge in [0.05, 0.1) is 0 Å². The molecule has 1 saturated heterocycles. The maximum Gasteiger partial charge on any atom is 0.251 e. The number of amides is 2. The summed E-state index contributed by atoms with van der Waals surface area (Å²) in [5.74, 6) is -0.175. The standard InChI is InChI=1S/C23H26N2O2/c1-17(22(27)25-15-13-23(11-12-23)14-16-25)24-21(26)20-9-7-19(8-10-20)18-5-3-2-4-6-18/h2-10,17H,11-16H2,1H3,(H,24,26)/t17-/m1/s1. The molecular formula is C23H26N2O2. The quantitative estimate of drug-likeness (QED) is 0.897. The van der Waals surface area contributed by atoms with Crippen LogP contribution in [-0.2, 0) is 4.79 Å². The molecule has 0 radical (unpaired) electrons. The molecule has 1 atom stereocenters. The Kier molecular flexibility index (Phi) is 4.73. The van der Waals surface area contributed by atoms with Crippen LogP contribution in [0.1, 0.15) is 43.0 Å². The van der Waals surface area contributed by atoms with Gasteiger partial charge in [-0.15, -0.1) is 0 Å². The molecule has 1 saturated carbocycles. The number of carbonyl (C=O) groups excluding carboxylic acids is 2. The molecular weight excluding hydrogens is 336 g/mol. The van der Waals surface area contributed by atoms with E-state index in [4.69, 9.17) is 0 Å². The van der Waals surface area contributed by atoms with Crippen LogP contribution in [-0.4, -0.2) is 35.8 Å². The molecule has 4 rings (SSSR count). The van der Waals surface area contributed by atoms with Crippen molar-refractivity contribution >= 4 is 11.8 Å². The van der Waals surface area contributed by atoms with Crippen molar-refractivity contribution in [3.8, 4) is 11.1 Å². The number of nitrogens with one attached hydrogen (secondary N) is 1. The van der Waals surface area contributed by atoms with E-state index in [1.165, 1.54) is 12.8 Å². The largest absolute Gasteiger partial charge is 0.341 e. The summed E-state index contributed by atoms with van der Waals surface area (Å²) >= 11 is 0. The van der Waals surface area contributed by atoms with Crippen molar-refractivity contribution in [1.29, 1.82) is 0 Å². The van der Waals surface area contributed by atoms with Gasteiger partial charge in [-0.25, -0.2) is 0 Å². The Balaban J connectivity index is 1.34. The maximum absolute atomic E-state index is 12.6. The van der Waals surface area contributed by atoms with Crippen molar-refractivity contribution in [2.75, 3.05) is 13.1 Å². The van der Waals surface area contributed by atoms with Gasteiger partial charge in [0.15, 0.2) is 0 Å². The molecule has 2 fully saturated rings. The highest BCUT2D eigenvalue weighted by molar-refractivity contribution is 5.97. The first-order valence-electron chi connectivity index (χ1n) is 9.82. The number of hydrogen-bond donors (Lipinski definition) is 1. The van der Waals surface area contributed by atoms with E-state index in [0.29, 0.717) is 11.0 Å². The van der Waals surface area contributed by atoms with E-state index in [2.05, 4.69) is 5.32 Å². The zero-order valence-corrected chi connectivity index (χ0v) is 15.8. The average Bonchev–Trinajstić information content (AvgIpc) is 3.47. The molecule has 1 aliphatic carbocycles. The van der Waals surface area contributed by atoms with Gasteiger partial charge in [-0.2, -0.15) is 0 Å². The Morgan fingerprint density at radius 1 is 0.889 bits per heavy atom. The highest BCUT2D eigenvalue weighted by atomic mass is 16.2. The zero-order valence-electron chi connectivity index (χ0n) is 15.8. The minimum Gasteiger partial charge on any atom is -0.341 e. The number of nitrogens with zero attached hydrogens (tertiary/aromatic N) is 1. The topological polar surface area (TPSA) is 49.4 Å². The molecule has 27 heavy (non-hydrogen) atoms. The third-order valence-corrected chi connectivity index (χ3v) is 6.07. The molecule has 2 aromatic carbocycles. The summed E-state index contributed by atoms with van der Waals surface area (Å²) in [6.45, 7) is 3.43. The van der Waals surface area contributed by atoms with Crippen LogP contribution in [0.15, 0.2) is 54.6 Å². The Morgan fingerprint density at radius 3 is 2.07 bits per heavy atom. The van der Waals surface area contributed by atoms with E-state index in [9.17, 15) is 9.59 Å². The van der Waals surface area contributed by atoms with E-state index in [0.717, 1.165) is 37.1 Å². The molecule has 1 N–H and O–H groups in total. The van der Waals surface area contributed by atoms with Crippen LogP contribution in [0.3, 0.4) is 0 Å². The summed E-state index contributed by atoms with van der Waals surface area (Å²) in [6, 6.07) is 17.1. The highest BCUT2D eigenvalue weighted by Crippen LogP contribution is 2.53. The fourth-order valence-electron chi connectivity index (χ4n) is 3.94. The van der Waals surface area contributed by atoms with Crippen LogP contribution in [0.4, 0.5) is 0 Å². The van der Waals surface area contributed by atoms with Crippen molar-refractivity contribution in [3.05, 3.63) is 60.2 Å². The number of carbonyl (C=O) groups is 2. The number of rotatable bonds is 4.